The highest BCUT2D eigenvalue weighted by molar-refractivity contribution is 7.88. The summed E-state index contributed by atoms with van der Waals surface area (Å²) in [4.78, 5) is 12.8. The minimum absolute atomic E-state index is 0.0801. The van der Waals surface area contributed by atoms with Gasteiger partial charge in [0, 0.05) is 19.1 Å². The van der Waals surface area contributed by atoms with Gasteiger partial charge in [-0.1, -0.05) is 0 Å². The van der Waals surface area contributed by atoms with Crippen molar-refractivity contribution in [2.24, 2.45) is 0 Å². The monoisotopic (exact) mass is 394 g/mol. The first kappa shape index (κ1) is 19.5. The summed E-state index contributed by atoms with van der Waals surface area (Å²) in [5.41, 5.74) is 2.43. The molecule has 1 N–H and O–H groups in total. The topological polar surface area (TPSA) is 84.3 Å². The van der Waals surface area contributed by atoms with Crippen LogP contribution in [-0.2, 0) is 10.0 Å². The Hall–Kier alpha value is -2.26. The zero-order valence-corrected chi connectivity index (χ0v) is 16.4. The Balaban J connectivity index is 1.73. The minimum Gasteiger partial charge on any atom is -0.349 e. The fourth-order valence-corrected chi connectivity index (χ4v) is 4.27. The molecule has 0 spiro atoms. The SMILES string of the molecule is Cc1nn(-c2ccc(F)cc2)c(C)c1C(=O)NC1CCN(S(C)(=O)=O)CC1. The zero-order valence-electron chi connectivity index (χ0n) is 15.6. The fraction of sp³-hybridized carbons (Fsp3) is 0.444. The molecule has 1 aliphatic heterocycles. The van der Waals surface area contributed by atoms with Gasteiger partial charge >= 0.3 is 0 Å². The van der Waals surface area contributed by atoms with Crippen molar-refractivity contribution in [1.29, 1.82) is 0 Å². The van der Waals surface area contributed by atoms with E-state index in [2.05, 4.69) is 10.4 Å². The molecule has 0 atom stereocenters. The summed E-state index contributed by atoms with van der Waals surface area (Å²) >= 11 is 0. The summed E-state index contributed by atoms with van der Waals surface area (Å²) < 4.78 is 39.4. The van der Waals surface area contributed by atoms with Gasteiger partial charge in [0.2, 0.25) is 10.0 Å². The highest BCUT2D eigenvalue weighted by atomic mass is 32.2. The molecule has 9 heteroatoms. The number of nitrogens with one attached hydrogen (secondary N) is 1. The highest BCUT2D eigenvalue weighted by Crippen LogP contribution is 2.20. The smallest absolute Gasteiger partial charge is 0.255 e. The van der Waals surface area contributed by atoms with Crippen LogP contribution in [0.1, 0.15) is 34.6 Å². The van der Waals surface area contributed by atoms with E-state index in [0.717, 1.165) is 0 Å². The van der Waals surface area contributed by atoms with Gasteiger partial charge < -0.3 is 5.32 Å². The summed E-state index contributed by atoms with van der Waals surface area (Å²) in [5, 5.41) is 7.40. The van der Waals surface area contributed by atoms with E-state index < -0.39 is 10.0 Å². The summed E-state index contributed by atoms with van der Waals surface area (Å²) in [5.74, 6) is -0.560. The number of aryl methyl sites for hydroxylation is 1. The van der Waals surface area contributed by atoms with E-state index in [9.17, 15) is 17.6 Å². The second-order valence-electron chi connectivity index (χ2n) is 6.84. The Bertz CT molecular complexity index is 946. The van der Waals surface area contributed by atoms with E-state index in [4.69, 9.17) is 0 Å². The highest BCUT2D eigenvalue weighted by Gasteiger charge is 2.27. The molecule has 1 aromatic carbocycles. The van der Waals surface area contributed by atoms with Gasteiger partial charge in [-0.25, -0.2) is 21.8 Å². The maximum absolute atomic E-state index is 13.1. The molecule has 27 heavy (non-hydrogen) atoms. The van der Waals surface area contributed by atoms with E-state index in [1.165, 1.54) is 22.7 Å². The predicted molar refractivity (Wildman–Crippen MR) is 99.9 cm³/mol. The Morgan fingerprint density at radius 1 is 1.19 bits per heavy atom. The molecule has 1 saturated heterocycles. The normalized spacial score (nSPS) is 16.4. The van der Waals surface area contributed by atoms with Gasteiger partial charge in [0.05, 0.1) is 28.9 Å². The lowest BCUT2D eigenvalue weighted by Gasteiger charge is -2.30. The number of aromatic nitrogens is 2. The number of hydrogen-bond donors (Lipinski definition) is 1. The van der Waals surface area contributed by atoms with E-state index in [1.807, 2.05) is 0 Å². The van der Waals surface area contributed by atoms with Gasteiger partial charge in [0.1, 0.15) is 5.82 Å². The molecule has 0 saturated carbocycles. The molecular formula is C18H23FN4O3S. The van der Waals surface area contributed by atoms with Crippen LogP contribution in [0.4, 0.5) is 4.39 Å². The molecule has 3 rings (SSSR count). The van der Waals surface area contributed by atoms with Crippen LogP contribution in [0.5, 0.6) is 0 Å². The second kappa shape index (κ2) is 7.40. The number of nitrogens with zero attached hydrogens (tertiary/aromatic N) is 3. The number of halogens is 1. The molecule has 2 heterocycles. The Morgan fingerprint density at radius 3 is 2.33 bits per heavy atom. The van der Waals surface area contributed by atoms with Crippen molar-refractivity contribution in [3.05, 3.63) is 47.0 Å². The average molecular weight is 394 g/mol. The molecule has 1 aromatic heterocycles. The number of rotatable bonds is 4. The lowest BCUT2D eigenvalue weighted by atomic mass is 10.1. The van der Waals surface area contributed by atoms with Crippen LogP contribution in [0.3, 0.4) is 0 Å². The number of benzene rings is 1. The molecule has 0 bridgehead atoms. The standard InChI is InChI=1S/C18H23FN4O3S/c1-12-17(13(2)23(21-12)16-6-4-14(19)5-7-16)18(24)20-15-8-10-22(11-9-15)27(3,25)26/h4-7,15H,8-11H2,1-3H3,(H,20,24). The molecule has 146 valence electrons. The number of piperidine rings is 1. The largest absolute Gasteiger partial charge is 0.349 e. The molecule has 0 aliphatic carbocycles. The Morgan fingerprint density at radius 2 is 1.78 bits per heavy atom. The number of carbonyl (C=O) groups is 1. The lowest BCUT2D eigenvalue weighted by Crippen LogP contribution is -2.46. The third-order valence-corrected chi connectivity index (χ3v) is 6.15. The minimum atomic E-state index is -3.19. The van der Waals surface area contributed by atoms with Crippen LogP contribution < -0.4 is 5.32 Å². The Kier molecular flexibility index (Phi) is 5.34. The molecule has 1 fully saturated rings. The van der Waals surface area contributed by atoms with Crippen molar-refractivity contribution in [2.45, 2.75) is 32.7 Å². The van der Waals surface area contributed by atoms with E-state index >= 15 is 0 Å². The van der Waals surface area contributed by atoms with Crippen LogP contribution in [0.15, 0.2) is 24.3 Å². The predicted octanol–water partition coefficient (Wildman–Crippen LogP) is 1.78. The van der Waals surface area contributed by atoms with Crippen LogP contribution in [0.2, 0.25) is 0 Å². The van der Waals surface area contributed by atoms with Crippen LogP contribution in [0, 0.1) is 19.7 Å². The molecule has 1 amide bonds. The van der Waals surface area contributed by atoms with Gasteiger partial charge in [-0.15, -0.1) is 0 Å². The maximum Gasteiger partial charge on any atom is 0.255 e. The summed E-state index contributed by atoms with van der Waals surface area (Å²) in [6, 6.07) is 5.83. The van der Waals surface area contributed by atoms with Crippen molar-refractivity contribution < 1.29 is 17.6 Å². The molecule has 7 nitrogen and oxygen atoms in total. The van der Waals surface area contributed by atoms with Crippen molar-refractivity contribution in [1.82, 2.24) is 19.4 Å². The van der Waals surface area contributed by atoms with Crippen LogP contribution >= 0.6 is 0 Å². The molecule has 2 aromatic rings. The van der Waals surface area contributed by atoms with E-state index in [0.29, 0.717) is 48.6 Å². The molecule has 1 aliphatic rings. The van der Waals surface area contributed by atoms with Crippen molar-refractivity contribution in [3.63, 3.8) is 0 Å². The lowest BCUT2D eigenvalue weighted by molar-refractivity contribution is 0.0922. The first-order valence-corrected chi connectivity index (χ1v) is 10.6. The van der Waals surface area contributed by atoms with Crippen LogP contribution in [-0.4, -0.2) is 53.8 Å². The molecule has 0 unspecified atom stereocenters. The summed E-state index contributed by atoms with van der Waals surface area (Å²) in [6.45, 7) is 4.35. The van der Waals surface area contributed by atoms with Gasteiger partial charge in [0.25, 0.3) is 5.91 Å². The van der Waals surface area contributed by atoms with Crippen molar-refractivity contribution >= 4 is 15.9 Å². The van der Waals surface area contributed by atoms with Gasteiger partial charge in [0.15, 0.2) is 0 Å². The number of amides is 1. The molecule has 0 radical (unpaired) electrons. The quantitative estimate of drug-likeness (QED) is 0.857. The van der Waals surface area contributed by atoms with Gasteiger partial charge in [-0.3, -0.25) is 4.79 Å². The van der Waals surface area contributed by atoms with Crippen LogP contribution in [0.25, 0.3) is 5.69 Å². The van der Waals surface area contributed by atoms with E-state index in [1.54, 1.807) is 30.7 Å². The third kappa shape index (κ3) is 4.19. The number of sulfonamides is 1. The molecular weight excluding hydrogens is 371 g/mol. The fourth-order valence-electron chi connectivity index (χ4n) is 3.39. The van der Waals surface area contributed by atoms with Gasteiger partial charge in [-0.2, -0.15) is 5.10 Å². The third-order valence-electron chi connectivity index (χ3n) is 4.85. The maximum atomic E-state index is 13.1. The van der Waals surface area contributed by atoms with Gasteiger partial charge in [-0.05, 0) is 51.0 Å². The zero-order chi connectivity index (χ0) is 19.8. The Labute approximate surface area is 158 Å². The first-order valence-electron chi connectivity index (χ1n) is 8.75. The van der Waals surface area contributed by atoms with Crippen molar-refractivity contribution in [3.8, 4) is 5.69 Å². The summed E-state index contributed by atoms with van der Waals surface area (Å²) in [7, 11) is -3.19. The first-order chi connectivity index (χ1) is 12.7. The number of carbonyl (C=O) groups excluding carboxylic acids is 1. The number of hydrogen-bond acceptors (Lipinski definition) is 4. The van der Waals surface area contributed by atoms with E-state index in [-0.39, 0.29) is 17.8 Å². The average Bonchev–Trinajstić information content (AvgIpc) is 2.90. The van der Waals surface area contributed by atoms with Crippen molar-refractivity contribution in [2.75, 3.05) is 19.3 Å². The summed E-state index contributed by atoms with van der Waals surface area (Å²) in [6.07, 6.45) is 2.34. The second-order valence-corrected chi connectivity index (χ2v) is 8.83.